The number of nitrogens with zero attached hydrogens (tertiary/aromatic N) is 1. The fourth-order valence-electron chi connectivity index (χ4n) is 2.84. The predicted octanol–water partition coefficient (Wildman–Crippen LogP) is 2.52. The van der Waals surface area contributed by atoms with E-state index in [9.17, 15) is 9.18 Å². The number of hydrogen-bond acceptors (Lipinski definition) is 4. The molecule has 4 nitrogen and oxygen atoms in total. The first kappa shape index (κ1) is 15.9. The topological polar surface area (TPSA) is 38.8 Å². The van der Waals surface area contributed by atoms with E-state index in [1.807, 2.05) is 20.8 Å². The van der Waals surface area contributed by atoms with Crippen LogP contribution in [0.1, 0.15) is 31.1 Å². The van der Waals surface area contributed by atoms with Crippen LogP contribution in [0, 0.1) is 5.82 Å². The SMILES string of the molecule is COc1ccc(C(=O)CN2CC(C)OC(C)(C)C2)cc1F. The minimum absolute atomic E-state index is 0.0779. The van der Waals surface area contributed by atoms with Gasteiger partial charge < -0.3 is 9.47 Å². The molecule has 0 bridgehead atoms. The second kappa shape index (κ2) is 6.12. The first-order chi connectivity index (χ1) is 9.80. The largest absolute Gasteiger partial charge is 0.494 e. The maximum Gasteiger partial charge on any atom is 0.176 e. The number of hydrogen-bond donors (Lipinski definition) is 0. The molecule has 0 N–H and O–H groups in total. The monoisotopic (exact) mass is 295 g/mol. The summed E-state index contributed by atoms with van der Waals surface area (Å²) in [5.41, 5.74) is 0.0913. The Balaban J connectivity index is 2.06. The van der Waals surface area contributed by atoms with E-state index in [4.69, 9.17) is 9.47 Å². The van der Waals surface area contributed by atoms with Crippen LogP contribution in [0.15, 0.2) is 18.2 Å². The molecule has 5 heteroatoms. The molecule has 0 aromatic heterocycles. The number of morpholine rings is 1. The van der Waals surface area contributed by atoms with Gasteiger partial charge in [0.1, 0.15) is 0 Å². The third kappa shape index (κ3) is 4.02. The van der Waals surface area contributed by atoms with Crippen LogP contribution in [0.25, 0.3) is 0 Å². The Morgan fingerprint density at radius 3 is 2.81 bits per heavy atom. The summed E-state index contributed by atoms with van der Waals surface area (Å²) in [5.74, 6) is -0.465. The second-order valence-corrected chi connectivity index (χ2v) is 6.13. The molecule has 0 saturated carbocycles. The van der Waals surface area contributed by atoms with Gasteiger partial charge in [0.05, 0.1) is 25.4 Å². The van der Waals surface area contributed by atoms with Gasteiger partial charge in [-0.05, 0) is 39.0 Å². The molecule has 1 saturated heterocycles. The van der Waals surface area contributed by atoms with Crippen molar-refractivity contribution in [1.29, 1.82) is 0 Å². The first-order valence-corrected chi connectivity index (χ1v) is 7.07. The lowest BCUT2D eigenvalue weighted by Crippen LogP contribution is -2.53. The lowest BCUT2D eigenvalue weighted by molar-refractivity contribution is -0.126. The zero-order valence-corrected chi connectivity index (χ0v) is 13.0. The molecular weight excluding hydrogens is 273 g/mol. The summed E-state index contributed by atoms with van der Waals surface area (Å²) < 4.78 is 24.3. The maximum atomic E-state index is 13.7. The Kier molecular flexibility index (Phi) is 4.64. The smallest absolute Gasteiger partial charge is 0.176 e. The third-order valence-corrected chi connectivity index (χ3v) is 3.48. The Morgan fingerprint density at radius 2 is 2.24 bits per heavy atom. The van der Waals surface area contributed by atoms with Crippen LogP contribution < -0.4 is 4.74 Å². The van der Waals surface area contributed by atoms with Gasteiger partial charge in [-0.3, -0.25) is 9.69 Å². The second-order valence-electron chi connectivity index (χ2n) is 6.13. The van der Waals surface area contributed by atoms with Crippen molar-refractivity contribution in [3.05, 3.63) is 29.6 Å². The highest BCUT2D eigenvalue weighted by Crippen LogP contribution is 2.22. The van der Waals surface area contributed by atoms with E-state index in [1.54, 1.807) is 6.07 Å². The van der Waals surface area contributed by atoms with Crippen LogP contribution in [-0.2, 0) is 4.74 Å². The van der Waals surface area contributed by atoms with E-state index in [1.165, 1.54) is 19.2 Å². The normalized spacial score (nSPS) is 22.0. The molecule has 1 atom stereocenters. The van der Waals surface area contributed by atoms with Crippen LogP contribution >= 0.6 is 0 Å². The minimum Gasteiger partial charge on any atom is -0.494 e. The van der Waals surface area contributed by atoms with Gasteiger partial charge in [-0.2, -0.15) is 0 Å². The fraction of sp³-hybridized carbons (Fsp3) is 0.562. The molecule has 1 fully saturated rings. The van der Waals surface area contributed by atoms with E-state index < -0.39 is 5.82 Å². The van der Waals surface area contributed by atoms with E-state index >= 15 is 0 Å². The highest BCUT2D eigenvalue weighted by atomic mass is 19.1. The average Bonchev–Trinajstić information content (AvgIpc) is 2.35. The van der Waals surface area contributed by atoms with Crippen molar-refractivity contribution in [2.75, 3.05) is 26.7 Å². The zero-order chi connectivity index (χ0) is 15.6. The third-order valence-electron chi connectivity index (χ3n) is 3.48. The molecule has 1 aromatic rings. The van der Waals surface area contributed by atoms with Gasteiger partial charge in [0, 0.05) is 18.7 Å². The van der Waals surface area contributed by atoms with Crippen molar-refractivity contribution in [3.8, 4) is 5.75 Å². The van der Waals surface area contributed by atoms with Gasteiger partial charge in [-0.25, -0.2) is 4.39 Å². The lowest BCUT2D eigenvalue weighted by Gasteiger charge is -2.41. The molecule has 116 valence electrons. The number of methoxy groups -OCH3 is 1. The minimum atomic E-state index is -0.515. The fourth-order valence-corrected chi connectivity index (χ4v) is 2.84. The summed E-state index contributed by atoms with van der Waals surface area (Å²) >= 11 is 0. The van der Waals surface area contributed by atoms with Crippen molar-refractivity contribution in [3.63, 3.8) is 0 Å². The number of Topliss-reactive ketones (excluding diaryl/α,β-unsaturated/α-hetero) is 1. The number of halogens is 1. The predicted molar refractivity (Wildman–Crippen MR) is 78.3 cm³/mol. The molecule has 0 aliphatic carbocycles. The summed E-state index contributed by atoms with van der Waals surface area (Å²) in [6, 6.07) is 4.31. The number of rotatable bonds is 4. The highest BCUT2D eigenvalue weighted by molar-refractivity contribution is 5.97. The van der Waals surface area contributed by atoms with Crippen LogP contribution in [0.2, 0.25) is 0 Å². The van der Waals surface area contributed by atoms with Gasteiger partial charge in [0.2, 0.25) is 0 Å². The van der Waals surface area contributed by atoms with Crippen LogP contribution in [0.5, 0.6) is 5.75 Å². The van der Waals surface area contributed by atoms with Crippen LogP contribution in [-0.4, -0.2) is 49.1 Å². The summed E-state index contributed by atoms with van der Waals surface area (Å²) in [7, 11) is 1.40. The van der Waals surface area contributed by atoms with E-state index in [0.29, 0.717) is 18.7 Å². The Morgan fingerprint density at radius 1 is 1.52 bits per heavy atom. The first-order valence-electron chi connectivity index (χ1n) is 7.07. The van der Waals surface area contributed by atoms with E-state index in [0.717, 1.165) is 0 Å². The quantitative estimate of drug-likeness (QED) is 0.800. The maximum absolute atomic E-state index is 13.7. The van der Waals surface area contributed by atoms with Gasteiger partial charge in [0.25, 0.3) is 0 Å². The molecule has 1 heterocycles. The van der Waals surface area contributed by atoms with E-state index in [-0.39, 0.29) is 29.8 Å². The van der Waals surface area contributed by atoms with Gasteiger partial charge in [-0.1, -0.05) is 0 Å². The van der Waals surface area contributed by atoms with Crippen LogP contribution in [0.4, 0.5) is 4.39 Å². The molecule has 1 aliphatic heterocycles. The lowest BCUT2D eigenvalue weighted by atomic mass is 10.0. The van der Waals surface area contributed by atoms with Crippen molar-refractivity contribution < 1.29 is 18.7 Å². The van der Waals surface area contributed by atoms with Gasteiger partial charge in [0.15, 0.2) is 17.3 Å². The molecule has 1 aromatic carbocycles. The molecule has 1 aliphatic rings. The van der Waals surface area contributed by atoms with Crippen LogP contribution in [0.3, 0.4) is 0 Å². The summed E-state index contributed by atoms with van der Waals surface area (Å²) in [4.78, 5) is 14.3. The summed E-state index contributed by atoms with van der Waals surface area (Å²) in [6.07, 6.45) is 0.0779. The zero-order valence-electron chi connectivity index (χ0n) is 13.0. The Labute approximate surface area is 124 Å². The number of carbonyl (C=O) groups is 1. The van der Waals surface area contributed by atoms with Crippen molar-refractivity contribution in [1.82, 2.24) is 4.90 Å². The molecule has 2 rings (SSSR count). The van der Waals surface area contributed by atoms with Gasteiger partial charge >= 0.3 is 0 Å². The molecule has 0 radical (unpaired) electrons. The van der Waals surface area contributed by atoms with Crippen molar-refractivity contribution in [2.24, 2.45) is 0 Å². The molecule has 0 spiro atoms. The molecule has 21 heavy (non-hydrogen) atoms. The number of ketones is 1. The Hall–Kier alpha value is -1.46. The highest BCUT2D eigenvalue weighted by Gasteiger charge is 2.32. The number of benzene rings is 1. The standard InChI is InChI=1S/C16H22FNO3/c1-11-8-18(10-16(2,3)21-11)9-14(19)12-5-6-15(20-4)13(17)7-12/h5-7,11H,8-10H2,1-4H3. The van der Waals surface area contributed by atoms with E-state index in [2.05, 4.69) is 4.90 Å². The number of carbonyl (C=O) groups excluding carboxylic acids is 1. The number of ether oxygens (including phenoxy) is 2. The summed E-state index contributed by atoms with van der Waals surface area (Å²) in [6.45, 7) is 7.66. The molecular formula is C16H22FNO3. The Bertz CT molecular complexity index is 530. The average molecular weight is 295 g/mol. The molecule has 1 unspecified atom stereocenters. The summed E-state index contributed by atoms with van der Waals surface area (Å²) in [5, 5.41) is 0. The van der Waals surface area contributed by atoms with Crippen molar-refractivity contribution >= 4 is 5.78 Å². The van der Waals surface area contributed by atoms with Gasteiger partial charge in [-0.15, -0.1) is 0 Å². The van der Waals surface area contributed by atoms with Crippen molar-refractivity contribution in [2.45, 2.75) is 32.5 Å². The molecule has 0 amide bonds.